The van der Waals surface area contributed by atoms with Gasteiger partial charge in [0.05, 0.1) is 16.4 Å². The van der Waals surface area contributed by atoms with Gasteiger partial charge in [0.2, 0.25) is 5.91 Å². The number of carbonyl (C=O) groups is 1. The van der Waals surface area contributed by atoms with Crippen LogP contribution in [0.1, 0.15) is 19.4 Å². The van der Waals surface area contributed by atoms with Gasteiger partial charge in [-0.25, -0.2) is 4.98 Å². The molecular formula is C13H11N5OS. The number of benzene rings is 1. The molecule has 1 aliphatic heterocycles. The molecule has 100 valence electrons. The predicted molar refractivity (Wildman–Crippen MR) is 76.7 cm³/mol. The first-order valence-electron chi connectivity index (χ1n) is 6.19. The van der Waals surface area contributed by atoms with Gasteiger partial charge >= 0.3 is 0 Å². The third-order valence-corrected chi connectivity index (χ3v) is 4.22. The summed E-state index contributed by atoms with van der Waals surface area (Å²) in [5.41, 5.74) is 3.74. The Morgan fingerprint density at radius 2 is 2.15 bits per heavy atom. The van der Waals surface area contributed by atoms with Crippen LogP contribution in [-0.4, -0.2) is 25.5 Å². The summed E-state index contributed by atoms with van der Waals surface area (Å²) in [6.45, 7) is 3.83. The van der Waals surface area contributed by atoms with E-state index in [4.69, 9.17) is 0 Å². The Bertz CT molecular complexity index is 834. The molecule has 0 radical (unpaired) electrons. The van der Waals surface area contributed by atoms with Crippen LogP contribution in [-0.2, 0) is 10.2 Å². The third-order valence-electron chi connectivity index (χ3n) is 3.71. The number of imidazole rings is 1. The van der Waals surface area contributed by atoms with Gasteiger partial charge in [-0.1, -0.05) is 4.49 Å². The second-order valence-electron chi connectivity index (χ2n) is 5.37. The predicted octanol–water partition coefficient (Wildman–Crippen LogP) is 2.31. The third kappa shape index (κ3) is 1.44. The minimum absolute atomic E-state index is 0.0177. The largest absolute Gasteiger partial charge is 0.336 e. The molecule has 2 aromatic heterocycles. The number of carbonyl (C=O) groups excluding carboxylic acids is 1. The van der Waals surface area contributed by atoms with Crippen LogP contribution >= 0.6 is 11.5 Å². The second kappa shape index (κ2) is 3.63. The van der Waals surface area contributed by atoms with Crippen molar-refractivity contribution in [2.24, 2.45) is 0 Å². The Balaban J connectivity index is 1.93. The summed E-state index contributed by atoms with van der Waals surface area (Å²) in [7, 11) is 0. The number of nitrogens with one attached hydrogen (secondary N) is 2. The molecule has 3 heterocycles. The SMILES string of the molecule is CC1(C)C(=O)Nc2cc3[nH]c(-c4csnn4)nc3cc21. The molecule has 4 rings (SSSR count). The van der Waals surface area contributed by atoms with Crippen molar-refractivity contribution in [1.82, 2.24) is 19.6 Å². The Morgan fingerprint density at radius 3 is 2.90 bits per heavy atom. The number of H-pyrrole nitrogens is 1. The van der Waals surface area contributed by atoms with Gasteiger partial charge in [-0.05, 0) is 43.1 Å². The lowest BCUT2D eigenvalue weighted by Crippen LogP contribution is -2.26. The van der Waals surface area contributed by atoms with E-state index in [1.807, 2.05) is 31.4 Å². The Kier molecular flexibility index (Phi) is 2.10. The van der Waals surface area contributed by atoms with E-state index in [-0.39, 0.29) is 5.91 Å². The van der Waals surface area contributed by atoms with Crippen LogP contribution in [0.15, 0.2) is 17.5 Å². The Morgan fingerprint density at radius 1 is 1.30 bits per heavy atom. The van der Waals surface area contributed by atoms with Gasteiger partial charge in [-0.3, -0.25) is 4.79 Å². The first-order valence-corrected chi connectivity index (χ1v) is 7.02. The molecule has 0 unspecified atom stereocenters. The van der Waals surface area contributed by atoms with Crippen LogP contribution in [0.3, 0.4) is 0 Å². The highest BCUT2D eigenvalue weighted by molar-refractivity contribution is 7.03. The van der Waals surface area contributed by atoms with Gasteiger partial charge in [0.15, 0.2) is 5.82 Å². The van der Waals surface area contributed by atoms with Crippen LogP contribution in [0.2, 0.25) is 0 Å². The molecule has 0 atom stereocenters. The number of anilines is 1. The molecule has 0 spiro atoms. The molecule has 0 fully saturated rings. The maximum absolute atomic E-state index is 11.9. The molecule has 0 aliphatic carbocycles. The van der Waals surface area contributed by atoms with Crippen molar-refractivity contribution in [1.29, 1.82) is 0 Å². The fourth-order valence-corrected chi connectivity index (χ4v) is 2.91. The number of amides is 1. The lowest BCUT2D eigenvalue weighted by molar-refractivity contribution is -0.119. The quantitative estimate of drug-likeness (QED) is 0.718. The van der Waals surface area contributed by atoms with E-state index in [1.54, 1.807) is 0 Å². The van der Waals surface area contributed by atoms with Crippen molar-refractivity contribution in [2.75, 3.05) is 5.32 Å². The van der Waals surface area contributed by atoms with E-state index in [2.05, 4.69) is 24.9 Å². The molecule has 20 heavy (non-hydrogen) atoms. The van der Waals surface area contributed by atoms with Crippen molar-refractivity contribution in [3.05, 3.63) is 23.1 Å². The normalized spacial score (nSPS) is 16.4. The van der Waals surface area contributed by atoms with Crippen molar-refractivity contribution in [3.8, 4) is 11.5 Å². The minimum atomic E-state index is -0.523. The molecular weight excluding hydrogens is 274 g/mol. The number of hydrogen-bond donors (Lipinski definition) is 2. The fourth-order valence-electron chi connectivity index (χ4n) is 2.47. The first kappa shape index (κ1) is 11.5. The van der Waals surface area contributed by atoms with Gasteiger partial charge < -0.3 is 10.3 Å². The number of rotatable bonds is 1. The lowest BCUT2D eigenvalue weighted by atomic mass is 9.86. The van der Waals surface area contributed by atoms with Crippen molar-refractivity contribution >= 4 is 34.2 Å². The highest BCUT2D eigenvalue weighted by Crippen LogP contribution is 2.39. The number of aromatic nitrogens is 4. The molecule has 0 bridgehead atoms. The summed E-state index contributed by atoms with van der Waals surface area (Å²) in [6, 6.07) is 3.88. The van der Waals surface area contributed by atoms with Crippen molar-refractivity contribution in [2.45, 2.75) is 19.3 Å². The van der Waals surface area contributed by atoms with Gasteiger partial charge in [0, 0.05) is 11.1 Å². The average Bonchev–Trinajstić information content (AvgIpc) is 3.08. The minimum Gasteiger partial charge on any atom is -0.336 e. The van der Waals surface area contributed by atoms with E-state index in [0.717, 1.165) is 28.0 Å². The van der Waals surface area contributed by atoms with Gasteiger partial charge in [-0.2, -0.15) is 0 Å². The van der Waals surface area contributed by atoms with Crippen LogP contribution in [0, 0.1) is 0 Å². The zero-order chi connectivity index (χ0) is 13.9. The zero-order valence-electron chi connectivity index (χ0n) is 10.9. The molecule has 0 saturated carbocycles. The van der Waals surface area contributed by atoms with Crippen molar-refractivity contribution in [3.63, 3.8) is 0 Å². The van der Waals surface area contributed by atoms with E-state index < -0.39 is 5.41 Å². The molecule has 1 aromatic carbocycles. The molecule has 1 aliphatic rings. The topological polar surface area (TPSA) is 83.6 Å². The summed E-state index contributed by atoms with van der Waals surface area (Å²) >= 11 is 1.29. The Labute approximate surface area is 118 Å². The highest BCUT2D eigenvalue weighted by atomic mass is 32.1. The zero-order valence-corrected chi connectivity index (χ0v) is 11.7. The van der Waals surface area contributed by atoms with E-state index >= 15 is 0 Å². The maximum Gasteiger partial charge on any atom is 0.234 e. The van der Waals surface area contributed by atoms with E-state index in [0.29, 0.717) is 5.82 Å². The summed E-state index contributed by atoms with van der Waals surface area (Å²) in [5.74, 6) is 0.714. The summed E-state index contributed by atoms with van der Waals surface area (Å²) < 4.78 is 3.84. The van der Waals surface area contributed by atoms with Crippen molar-refractivity contribution < 1.29 is 4.79 Å². The summed E-state index contributed by atoms with van der Waals surface area (Å²) in [6.07, 6.45) is 0. The number of nitrogens with zero attached hydrogens (tertiary/aromatic N) is 3. The average molecular weight is 285 g/mol. The summed E-state index contributed by atoms with van der Waals surface area (Å²) in [5, 5.41) is 8.76. The van der Waals surface area contributed by atoms with E-state index in [1.165, 1.54) is 11.5 Å². The molecule has 7 heteroatoms. The number of hydrogen-bond acceptors (Lipinski definition) is 5. The van der Waals surface area contributed by atoms with Crippen LogP contribution in [0.25, 0.3) is 22.6 Å². The summed E-state index contributed by atoms with van der Waals surface area (Å²) in [4.78, 5) is 19.7. The number of aromatic amines is 1. The first-order chi connectivity index (χ1) is 9.55. The Hall–Kier alpha value is -2.28. The van der Waals surface area contributed by atoms with Crippen LogP contribution in [0.5, 0.6) is 0 Å². The van der Waals surface area contributed by atoms with Gasteiger partial charge in [-0.15, -0.1) is 5.10 Å². The molecule has 3 aromatic rings. The van der Waals surface area contributed by atoms with Gasteiger partial charge in [0.25, 0.3) is 0 Å². The van der Waals surface area contributed by atoms with E-state index in [9.17, 15) is 4.79 Å². The van der Waals surface area contributed by atoms with Crippen LogP contribution < -0.4 is 5.32 Å². The van der Waals surface area contributed by atoms with Gasteiger partial charge in [0.1, 0.15) is 5.69 Å². The lowest BCUT2D eigenvalue weighted by Gasteiger charge is -2.14. The smallest absolute Gasteiger partial charge is 0.234 e. The fraction of sp³-hybridized carbons (Fsp3) is 0.231. The molecule has 0 saturated heterocycles. The second-order valence-corrected chi connectivity index (χ2v) is 5.98. The highest BCUT2D eigenvalue weighted by Gasteiger charge is 2.38. The number of fused-ring (bicyclic) bond motifs is 2. The molecule has 6 nitrogen and oxygen atoms in total. The standard InChI is InChI=1S/C13H11N5OS/c1-13(2)6-3-8-9(4-7(6)16-12(13)19)15-11(14-8)10-5-20-18-17-10/h3-5H,1-2H3,(H,14,15)(H,16,19). The molecule has 2 N–H and O–H groups in total. The maximum atomic E-state index is 11.9. The molecule has 1 amide bonds. The van der Waals surface area contributed by atoms with Crippen LogP contribution in [0.4, 0.5) is 5.69 Å². The monoisotopic (exact) mass is 285 g/mol.